The first kappa shape index (κ1) is 18.5. The highest BCUT2D eigenvalue weighted by molar-refractivity contribution is 5.79. The molecule has 0 bridgehead atoms. The number of ether oxygens (including phenoxy) is 1. The summed E-state index contributed by atoms with van der Waals surface area (Å²) < 4.78 is 5.85. The van der Waals surface area contributed by atoms with Crippen molar-refractivity contribution in [2.75, 3.05) is 0 Å². The third-order valence-corrected chi connectivity index (χ3v) is 5.07. The predicted molar refractivity (Wildman–Crippen MR) is 104 cm³/mol. The van der Waals surface area contributed by atoms with E-state index < -0.39 is 0 Å². The van der Waals surface area contributed by atoms with Gasteiger partial charge in [0.1, 0.15) is 12.4 Å². The molecule has 26 heavy (non-hydrogen) atoms. The highest BCUT2D eigenvalue weighted by Crippen LogP contribution is 2.25. The lowest BCUT2D eigenvalue weighted by Gasteiger charge is -2.18. The van der Waals surface area contributed by atoms with E-state index in [0.717, 1.165) is 36.1 Å². The molecule has 4 nitrogen and oxygen atoms in total. The van der Waals surface area contributed by atoms with Crippen molar-refractivity contribution >= 4 is 5.91 Å². The van der Waals surface area contributed by atoms with Crippen molar-refractivity contribution in [3.8, 4) is 5.75 Å². The normalized spacial score (nSPS) is 20.6. The summed E-state index contributed by atoms with van der Waals surface area (Å²) in [6, 6.07) is 16.4. The van der Waals surface area contributed by atoms with Crippen LogP contribution in [0.1, 0.15) is 48.9 Å². The third-order valence-electron chi connectivity index (χ3n) is 5.07. The summed E-state index contributed by atoms with van der Waals surface area (Å²) in [5, 5.41) is 3.11. The fraction of sp³-hybridized carbons (Fsp3) is 0.409. The lowest BCUT2D eigenvalue weighted by atomic mass is 10.0. The van der Waals surface area contributed by atoms with Crippen LogP contribution in [0.2, 0.25) is 0 Å². The molecule has 3 atom stereocenters. The number of carbonyl (C=O) groups is 1. The summed E-state index contributed by atoms with van der Waals surface area (Å²) in [5.74, 6) is 1.00. The fourth-order valence-electron chi connectivity index (χ4n) is 3.49. The number of amides is 1. The minimum Gasteiger partial charge on any atom is -0.489 e. The molecule has 0 spiro atoms. The Labute approximate surface area is 155 Å². The van der Waals surface area contributed by atoms with E-state index in [1.54, 1.807) is 0 Å². The molecule has 3 rings (SSSR count). The van der Waals surface area contributed by atoms with Crippen molar-refractivity contribution in [1.82, 2.24) is 5.32 Å². The van der Waals surface area contributed by atoms with Crippen LogP contribution in [0.3, 0.4) is 0 Å². The largest absolute Gasteiger partial charge is 0.489 e. The highest BCUT2D eigenvalue weighted by Gasteiger charge is 2.28. The van der Waals surface area contributed by atoms with Crippen molar-refractivity contribution in [1.29, 1.82) is 0 Å². The number of nitrogens with one attached hydrogen (secondary N) is 1. The average Bonchev–Trinajstić information content (AvgIpc) is 3.07. The monoisotopic (exact) mass is 352 g/mol. The van der Waals surface area contributed by atoms with Crippen LogP contribution in [0.25, 0.3) is 0 Å². The van der Waals surface area contributed by atoms with Crippen molar-refractivity contribution in [2.24, 2.45) is 11.7 Å². The van der Waals surface area contributed by atoms with Gasteiger partial charge in [-0.05, 0) is 56.4 Å². The fourth-order valence-corrected chi connectivity index (χ4v) is 3.49. The second kappa shape index (κ2) is 8.37. The first-order valence-corrected chi connectivity index (χ1v) is 9.35. The molecular formula is C22H28N2O2. The van der Waals surface area contributed by atoms with E-state index >= 15 is 0 Å². The molecule has 138 valence electrons. The Hall–Kier alpha value is -2.33. The molecule has 1 fully saturated rings. The summed E-state index contributed by atoms with van der Waals surface area (Å²) in [6.07, 6.45) is 2.63. The first-order chi connectivity index (χ1) is 12.5. The van der Waals surface area contributed by atoms with Crippen LogP contribution in [-0.4, -0.2) is 11.9 Å². The number of benzene rings is 2. The molecule has 2 aromatic carbocycles. The van der Waals surface area contributed by atoms with Crippen LogP contribution in [0.15, 0.2) is 48.5 Å². The van der Waals surface area contributed by atoms with E-state index in [2.05, 4.69) is 30.4 Å². The van der Waals surface area contributed by atoms with Crippen LogP contribution in [0, 0.1) is 12.8 Å². The zero-order valence-corrected chi connectivity index (χ0v) is 15.6. The highest BCUT2D eigenvalue weighted by atomic mass is 16.5. The lowest BCUT2D eigenvalue weighted by molar-refractivity contribution is -0.125. The molecule has 3 N–H and O–H groups in total. The van der Waals surface area contributed by atoms with Crippen LogP contribution in [0.4, 0.5) is 0 Å². The molecule has 2 aromatic rings. The van der Waals surface area contributed by atoms with Crippen LogP contribution >= 0.6 is 0 Å². The van der Waals surface area contributed by atoms with Gasteiger partial charge >= 0.3 is 0 Å². The summed E-state index contributed by atoms with van der Waals surface area (Å²) in [5.41, 5.74) is 9.37. The zero-order valence-electron chi connectivity index (χ0n) is 15.6. The van der Waals surface area contributed by atoms with Crippen molar-refractivity contribution in [3.63, 3.8) is 0 Å². The topological polar surface area (TPSA) is 64.3 Å². The van der Waals surface area contributed by atoms with E-state index in [1.807, 2.05) is 37.3 Å². The third kappa shape index (κ3) is 4.85. The molecule has 0 aromatic heterocycles. The summed E-state index contributed by atoms with van der Waals surface area (Å²) >= 11 is 0. The number of hydrogen-bond donors (Lipinski definition) is 2. The van der Waals surface area contributed by atoms with Gasteiger partial charge in [0.05, 0.1) is 6.04 Å². The molecule has 1 aliphatic rings. The molecule has 1 aliphatic carbocycles. The molecule has 0 saturated heterocycles. The van der Waals surface area contributed by atoms with E-state index in [1.165, 1.54) is 5.56 Å². The van der Waals surface area contributed by atoms with Crippen molar-refractivity contribution < 1.29 is 9.53 Å². The predicted octanol–water partition coefficient (Wildman–Crippen LogP) is 3.88. The van der Waals surface area contributed by atoms with Crippen LogP contribution < -0.4 is 15.8 Å². The molecular weight excluding hydrogens is 324 g/mol. The SMILES string of the molecule is Cc1cccc(COc2ccc(C(C)NC(=O)C3CCC(N)C3)cc2)c1. The average molecular weight is 352 g/mol. The Kier molecular flexibility index (Phi) is 5.94. The molecule has 0 radical (unpaired) electrons. The van der Waals surface area contributed by atoms with Crippen molar-refractivity contribution in [2.45, 2.75) is 51.8 Å². The van der Waals surface area contributed by atoms with Gasteiger partial charge in [-0.25, -0.2) is 0 Å². The van der Waals surface area contributed by atoms with Crippen LogP contribution in [-0.2, 0) is 11.4 Å². The smallest absolute Gasteiger partial charge is 0.223 e. The summed E-state index contributed by atoms with van der Waals surface area (Å²) in [4.78, 5) is 12.3. The quantitative estimate of drug-likeness (QED) is 0.829. The van der Waals surface area contributed by atoms with Gasteiger partial charge < -0.3 is 15.8 Å². The van der Waals surface area contributed by atoms with Gasteiger partial charge in [0.25, 0.3) is 0 Å². The summed E-state index contributed by atoms with van der Waals surface area (Å²) in [7, 11) is 0. The number of hydrogen-bond acceptors (Lipinski definition) is 3. The Morgan fingerprint density at radius 3 is 2.65 bits per heavy atom. The van der Waals surface area contributed by atoms with Gasteiger partial charge in [0, 0.05) is 12.0 Å². The molecule has 1 amide bonds. The van der Waals surface area contributed by atoms with Gasteiger partial charge in [0.15, 0.2) is 0 Å². The number of aryl methyl sites for hydroxylation is 1. The number of rotatable bonds is 6. The molecule has 4 heteroatoms. The Bertz CT molecular complexity index is 742. The maximum absolute atomic E-state index is 12.3. The van der Waals surface area contributed by atoms with E-state index in [9.17, 15) is 4.79 Å². The first-order valence-electron chi connectivity index (χ1n) is 9.35. The Morgan fingerprint density at radius 1 is 1.23 bits per heavy atom. The minimum absolute atomic E-state index is 0.0230. The van der Waals surface area contributed by atoms with E-state index in [4.69, 9.17) is 10.5 Å². The maximum atomic E-state index is 12.3. The van der Waals surface area contributed by atoms with Gasteiger partial charge in [-0.2, -0.15) is 0 Å². The molecule has 3 unspecified atom stereocenters. The van der Waals surface area contributed by atoms with Gasteiger partial charge in [-0.1, -0.05) is 42.0 Å². The molecule has 1 saturated carbocycles. The zero-order chi connectivity index (χ0) is 18.5. The lowest BCUT2D eigenvalue weighted by Crippen LogP contribution is -2.32. The summed E-state index contributed by atoms with van der Waals surface area (Å²) in [6.45, 7) is 4.64. The second-order valence-corrected chi connectivity index (χ2v) is 7.35. The van der Waals surface area contributed by atoms with E-state index in [-0.39, 0.29) is 23.9 Å². The van der Waals surface area contributed by atoms with Crippen LogP contribution in [0.5, 0.6) is 5.75 Å². The van der Waals surface area contributed by atoms with Gasteiger partial charge in [-0.15, -0.1) is 0 Å². The standard InChI is InChI=1S/C22H28N2O2/c1-15-4-3-5-17(12-15)14-26-21-10-7-18(8-11-21)16(2)24-22(25)19-6-9-20(23)13-19/h3-5,7-8,10-12,16,19-20H,6,9,13-14,23H2,1-2H3,(H,24,25). The molecule has 0 aliphatic heterocycles. The van der Waals surface area contributed by atoms with Gasteiger partial charge in [0.2, 0.25) is 5.91 Å². The van der Waals surface area contributed by atoms with E-state index in [0.29, 0.717) is 6.61 Å². The Balaban J connectivity index is 1.52. The number of carbonyl (C=O) groups excluding carboxylic acids is 1. The minimum atomic E-state index is -0.0230. The Morgan fingerprint density at radius 2 is 2.00 bits per heavy atom. The van der Waals surface area contributed by atoms with Gasteiger partial charge in [-0.3, -0.25) is 4.79 Å². The van der Waals surface area contributed by atoms with Crippen molar-refractivity contribution in [3.05, 3.63) is 65.2 Å². The maximum Gasteiger partial charge on any atom is 0.223 e. The number of nitrogens with two attached hydrogens (primary N) is 1. The second-order valence-electron chi connectivity index (χ2n) is 7.35. The molecule has 0 heterocycles.